The van der Waals surface area contributed by atoms with Crippen LogP contribution in [0.15, 0.2) is 70.5 Å². The Bertz CT molecular complexity index is 1130. The predicted molar refractivity (Wildman–Crippen MR) is 149 cm³/mol. The van der Waals surface area contributed by atoms with E-state index in [-0.39, 0.29) is 5.41 Å². The van der Waals surface area contributed by atoms with Gasteiger partial charge in [-0.15, -0.1) is 0 Å². The highest BCUT2D eigenvalue weighted by Gasteiger charge is 2.42. The molecule has 2 aromatic carbocycles. The van der Waals surface area contributed by atoms with E-state index in [1.807, 2.05) is 0 Å². The summed E-state index contributed by atoms with van der Waals surface area (Å²) in [6, 6.07) is 16.3. The number of fused-ring (bicyclic) bond motifs is 1. The van der Waals surface area contributed by atoms with Crippen LogP contribution in [0.2, 0.25) is 13.1 Å². The molecule has 0 heterocycles. The molecular weight excluding hydrogens is 412 g/mol. The summed E-state index contributed by atoms with van der Waals surface area (Å²) in [5.74, 6) is 0. The highest BCUT2D eigenvalue weighted by Crippen LogP contribution is 2.50. The van der Waals surface area contributed by atoms with Crippen molar-refractivity contribution in [2.45, 2.75) is 91.3 Å². The zero-order chi connectivity index (χ0) is 24.0. The van der Waals surface area contributed by atoms with Crippen molar-refractivity contribution in [3.63, 3.8) is 0 Å². The molecule has 174 valence electrons. The Kier molecular flexibility index (Phi) is 6.48. The lowest BCUT2D eigenvalue weighted by molar-refractivity contribution is 0.590. The molecule has 2 aliphatic rings. The fourth-order valence-electron chi connectivity index (χ4n) is 6.20. The van der Waals surface area contributed by atoms with Gasteiger partial charge in [0.1, 0.15) is 0 Å². The third-order valence-electron chi connectivity index (χ3n) is 7.99. The van der Waals surface area contributed by atoms with Crippen LogP contribution in [-0.2, 0) is 5.41 Å². The van der Waals surface area contributed by atoms with Crippen LogP contribution in [0.4, 0.5) is 0 Å². The number of hydrogen-bond donors (Lipinski definition) is 0. The first-order valence-electron chi connectivity index (χ1n) is 12.9. The van der Waals surface area contributed by atoms with Crippen molar-refractivity contribution >= 4 is 14.1 Å². The van der Waals surface area contributed by atoms with Crippen LogP contribution >= 0.6 is 0 Å². The minimum Gasteiger partial charge on any atom is -0.0731 e. The maximum Gasteiger partial charge on any atom is 0.0880 e. The molecule has 0 saturated carbocycles. The van der Waals surface area contributed by atoms with Gasteiger partial charge in [0.05, 0.1) is 8.07 Å². The van der Waals surface area contributed by atoms with E-state index in [1.165, 1.54) is 47.9 Å². The lowest BCUT2D eigenvalue weighted by Crippen LogP contribution is -2.38. The van der Waals surface area contributed by atoms with Crippen LogP contribution in [0, 0.1) is 0 Å². The summed E-state index contributed by atoms with van der Waals surface area (Å²) in [6.45, 7) is 19.1. The Balaban J connectivity index is 1.68. The summed E-state index contributed by atoms with van der Waals surface area (Å²) >= 11 is 0. The Hall–Kier alpha value is -2.12. The van der Waals surface area contributed by atoms with Gasteiger partial charge in [-0.25, -0.2) is 0 Å². The molecule has 33 heavy (non-hydrogen) atoms. The summed E-state index contributed by atoms with van der Waals surface area (Å²) < 4.78 is 0. The van der Waals surface area contributed by atoms with Gasteiger partial charge in [0.2, 0.25) is 0 Å². The Morgan fingerprint density at radius 1 is 0.939 bits per heavy atom. The van der Waals surface area contributed by atoms with E-state index >= 15 is 0 Å². The van der Waals surface area contributed by atoms with Crippen LogP contribution in [0.5, 0.6) is 0 Å². The standard InChI is InChI=1S/C32H42Si/c1-9-10-12-24-19-22(2)30(21-24)33(7,8)31-23(3)20-29-27(13-11-14-28(29)31)25-15-17-26(18-16-25)32(4,5)6/h11,13-20,31H,9-10,12,21H2,1-8H3. The first-order chi connectivity index (χ1) is 15.5. The van der Waals surface area contributed by atoms with Crippen molar-refractivity contribution in [2.24, 2.45) is 0 Å². The first-order valence-corrected chi connectivity index (χ1v) is 15.9. The average Bonchev–Trinajstić information content (AvgIpc) is 3.31. The third kappa shape index (κ3) is 4.49. The van der Waals surface area contributed by atoms with Gasteiger partial charge in [0.25, 0.3) is 0 Å². The van der Waals surface area contributed by atoms with Gasteiger partial charge >= 0.3 is 0 Å². The van der Waals surface area contributed by atoms with Gasteiger partial charge in [-0.05, 0) is 66.3 Å². The van der Waals surface area contributed by atoms with E-state index in [2.05, 4.69) is 109 Å². The third-order valence-corrected chi connectivity index (χ3v) is 12.3. The molecule has 0 saturated heterocycles. The van der Waals surface area contributed by atoms with Crippen molar-refractivity contribution in [2.75, 3.05) is 0 Å². The highest BCUT2D eigenvalue weighted by atomic mass is 28.3. The summed E-state index contributed by atoms with van der Waals surface area (Å²) in [5.41, 5.74) is 12.7. The van der Waals surface area contributed by atoms with E-state index < -0.39 is 8.07 Å². The lowest BCUT2D eigenvalue weighted by atomic mass is 9.86. The van der Waals surface area contributed by atoms with E-state index in [0.717, 1.165) is 0 Å². The van der Waals surface area contributed by atoms with Gasteiger partial charge in [-0.2, -0.15) is 0 Å². The normalized spacial score (nSPS) is 18.5. The van der Waals surface area contributed by atoms with Gasteiger partial charge in [0.15, 0.2) is 0 Å². The van der Waals surface area contributed by atoms with E-state index in [9.17, 15) is 0 Å². The largest absolute Gasteiger partial charge is 0.0880 e. The van der Waals surface area contributed by atoms with Crippen molar-refractivity contribution in [1.82, 2.24) is 0 Å². The molecule has 0 radical (unpaired) electrons. The van der Waals surface area contributed by atoms with E-state index in [4.69, 9.17) is 0 Å². The molecule has 0 aliphatic heterocycles. The number of benzene rings is 2. The molecule has 0 N–H and O–H groups in total. The second-order valence-corrected chi connectivity index (χ2v) is 16.5. The molecule has 4 rings (SSSR count). The molecule has 1 unspecified atom stereocenters. The van der Waals surface area contributed by atoms with Crippen LogP contribution in [0.3, 0.4) is 0 Å². The van der Waals surface area contributed by atoms with Gasteiger partial charge in [-0.1, -0.05) is 124 Å². The average molecular weight is 455 g/mol. The number of unbranched alkanes of at least 4 members (excludes halogenated alkanes) is 1. The molecule has 0 nitrogen and oxygen atoms in total. The molecular formula is C32H42Si. The summed E-state index contributed by atoms with van der Waals surface area (Å²) in [7, 11) is -1.69. The minimum atomic E-state index is -1.69. The Labute approximate surface area is 203 Å². The van der Waals surface area contributed by atoms with Crippen molar-refractivity contribution in [1.29, 1.82) is 0 Å². The minimum absolute atomic E-state index is 0.186. The smallest absolute Gasteiger partial charge is 0.0731 e. The topological polar surface area (TPSA) is 0 Å². The fourth-order valence-corrected chi connectivity index (χ4v) is 10.6. The van der Waals surface area contributed by atoms with Crippen molar-refractivity contribution in [3.05, 3.63) is 87.1 Å². The molecule has 2 aliphatic carbocycles. The fraction of sp³-hybridized carbons (Fsp3) is 0.438. The zero-order valence-corrected chi connectivity index (χ0v) is 23.1. The molecule has 1 atom stereocenters. The highest BCUT2D eigenvalue weighted by molar-refractivity contribution is 6.86. The van der Waals surface area contributed by atoms with Gasteiger partial charge < -0.3 is 0 Å². The van der Waals surface area contributed by atoms with Crippen LogP contribution in [0.25, 0.3) is 17.2 Å². The van der Waals surface area contributed by atoms with E-state index in [1.54, 1.807) is 27.5 Å². The number of hydrogen-bond acceptors (Lipinski definition) is 0. The molecule has 0 bridgehead atoms. The monoisotopic (exact) mass is 454 g/mol. The van der Waals surface area contributed by atoms with Gasteiger partial charge in [-0.3, -0.25) is 0 Å². The van der Waals surface area contributed by atoms with Crippen LogP contribution in [0.1, 0.15) is 89.5 Å². The van der Waals surface area contributed by atoms with Crippen molar-refractivity contribution < 1.29 is 0 Å². The quantitative estimate of drug-likeness (QED) is 0.381. The first kappa shape index (κ1) is 24.0. The maximum atomic E-state index is 2.62. The second-order valence-electron chi connectivity index (χ2n) is 11.9. The maximum absolute atomic E-state index is 2.62. The number of allylic oxidation sites excluding steroid dienone is 5. The second kappa shape index (κ2) is 8.91. The summed E-state index contributed by atoms with van der Waals surface area (Å²) in [4.78, 5) is 0. The SMILES string of the molecule is CCCCC1=CC(C)=C([Si](C)(C)C2C(C)=Cc3c(-c4ccc(C(C)(C)C)cc4)cccc32)C1. The number of rotatable bonds is 6. The molecule has 0 amide bonds. The summed E-state index contributed by atoms with van der Waals surface area (Å²) in [5, 5.41) is 1.78. The molecule has 1 heteroatoms. The molecule has 0 spiro atoms. The van der Waals surface area contributed by atoms with Crippen LogP contribution in [-0.4, -0.2) is 8.07 Å². The van der Waals surface area contributed by atoms with Crippen LogP contribution < -0.4 is 0 Å². The van der Waals surface area contributed by atoms with Gasteiger partial charge in [0, 0.05) is 5.54 Å². The predicted octanol–water partition coefficient (Wildman–Crippen LogP) is 9.78. The molecule has 0 aromatic heterocycles. The molecule has 2 aromatic rings. The summed E-state index contributed by atoms with van der Waals surface area (Å²) in [6.07, 6.45) is 10.1. The van der Waals surface area contributed by atoms with E-state index in [0.29, 0.717) is 5.54 Å². The Morgan fingerprint density at radius 3 is 2.27 bits per heavy atom. The van der Waals surface area contributed by atoms with Crippen molar-refractivity contribution in [3.8, 4) is 11.1 Å². The zero-order valence-electron chi connectivity index (χ0n) is 22.1. The Morgan fingerprint density at radius 2 is 1.64 bits per heavy atom. The lowest BCUT2D eigenvalue weighted by Gasteiger charge is -2.35. The molecule has 0 fully saturated rings.